The summed E-state index contributed by atoms with van der Waals surface area (Å²) in [4.78, 5) is 0. The monoisotopic (exact) mass is 332 g/mol. The van der Waals surface area contributed by atoms with Gasteiger partial charge in [0.25, 0.3) is 0 Å². The van der Waals surface area contributed by atoms with E-state index in [0.717, 1.165) is 12.8 Å². The van der Waals surface area contributed by atoms with Crippen molar-refractivity contribution in [3.05, 3.63) is 89.5 Å². The van der Waals surface area contributed by atoms with Gasteiger partial charge in [-0.05, 0) is 60.3 Å². The van der Waals surface area contributed by atoms with Gasteiger partial charge < -0.3 is 0 Å². The highest BCUT2D eigenvalue weighted by Gasteiger charge is 2.22. The van der Waals surface area contributed by atoms with Crippen molar-refractivity contribution in [2.24, 2.45) is 0 Å². The number of benzene rings is 3. The van der Waals surface area contributed by atoms with E-state index in [1.807, 2.05) is 0 Å². The number of aryl methyl sites for hydroxylation is 3. The van der Waals surface area contributed by atoms with Gasteiger partial charge in [0.2, 0.25) is 0 Å². The molecule has 0 aliphatic rings. The number of rotatable bonds is 5. The molecule has 0 spiro atoms. The normalized spacial score (nSPS) is 11.0. The summed E-state index contributed by atoms with van der Waals surface area (Å²) in [6.45, 7) is 6.76. The van der Waals surface area contributed by atoms with Crippen LogP contribution in [0.5, 0.6) is 0 Å². The molecule has 0 aromatic heterocycles. The van der Waals surface area contributed by atoms with Crippen LogP contribution in [0.2, 0.25) is 0 Å². The lowest BCUT2D eigenvalue weighted by Crippen LogP contribution is -2.26. The lowest BCUT2D eigenvalue weighted by Gasteiger charge is -2.25. The zero-order valence-corrected chi connectivity index (χ0v) is 15.7. The molecule has 0 aliphatic heterocycles. The first-order valence-electron chi connectivity index (χ1n) is 8.77. The minimum Gasteiger partial charge on any atom is -0.0620 e. The summed E-state index contributed by atoms with van der Waals surface area (Å²) in [5, 5.41) is 4.49. The van der Waals surface area contributed by atoms with Crippen molar-refractivity contribution in [3.63, 3.8) is 0 Å². The van der Waals surface area contributed by atoms with E-state index in [4.69, 9.17) is 0 Å². The molecule has 0 heterocycles. The van der Waals surface area contributed by atoms with Crippen LogP contribution in [0.15, 0.2) is 72.8 Å². The fourth-order valence-corrected chi connectivity index (χ4v) is 6.21. The molecule has 0 bridgehead atoms. The smallest absolute Gasteiger partial charge is 0.0119 e. The van der Waals surface area contributed by atoms with Crippen LogP contribution in [0.3, 0.4) is 0 Å². The van der Waals surface area contributed by atoms with Gasteiger partial charge in [-0.1, -0.05) is 86.6 Å². The molecule has 3 aromatic rings. The van der Waals surface area contributed by atoms with Crippen molar-refractivity contribution >= 4 is 23.8 Å². The van der Waals surface area contributed by atoms with Gasteiger partial charge in [0, 0.05) is 0 Å². The second-order valence-electron chi connectivity index (χ2n) is 6.09. The number of hydrogen-bond acceptors (Lipinski definition) is 0. The maximum Gasteiger partial charge on any atom is -0.0119 e. The highest BCUT2D eigenvalue weighted by Crippen LogP contribution is 2.36. The maximum absolute atomic E-state index is 2.34. The van der Waals surface area contributed by atoms with Gasteiger partial charge in [0.1, 0.15) is 0 Å². The van der Waals surface area contributed by atoms with Gasteiger partial charge in [-0.25, -0.2) is 0 Å². The van der Waals surface area contributed by atoms with E-state index >= 15 is 0 Å². The molecular formula is C23H25P. The van der Waals surface area contributed by atoms with E-state index in [0.29, 0.717) is 0 Å². The standard InChI is InChI=1S/C23H25P/c1-4-19-13-7-10-16-22(19)24(21-15-9-6-12-18(21)3)23-17-11-8-14-20(23)5-2/h6-17H,4-5H2,1-3H3. The van der Waals surface area contributed by atoms with Crippen LogP contribution in [-0.2, 0) is 12.8 Å². The molecule has 0 radical (unpaired) electrons. The van der Waals surface area contributed by atoms with E-state index < -0.39 is 7.92 Å². The van der Waals surface area contributed by atoms with Crippen molar-refractivity contribution in [3.8, 4) is 0 Å². The largest absolute Gasteiger partial charge is 0.0620 e. The Morgan fingerprint density at radius 1 is 0.583 bits per heavy atom. The Morgan fingerprint density at radius 2 is 1.00 bits per heavy atom. The zero-order valence-electron chi connectivity index (χ0n) is 14.8. The quantitative estimate of drug-likeness (QED) is 0.584. The minimum atomic E-state index is -0.520. The molecule has 0 aliphatic carbocycles. The molecular weight excluding hydrogens is 307 g/mol. The molecule has 0 fully saturated rings. The Bertz CT molecular complexity index is 772. The summed E-state index contributed by atoms with van der Waals surface area (Å²) in [6, 6.07) is 26.9. The van der Waals surface area contributed by atoms with Gasteiger partial charge in [-0.3, -0.25) is 0 Å². The molecule has 0 N–H and O–H groups in total. The Kier molecular flexibility index (Phi) is 5.48. The molecule has 0 amide bonds. The second kappa shape index (κ2) is 7.77. The molecule has 122 valence electrons. The van der Waals surface area contributed by atoms with E-state index in [-0.39, 0.29) is 0 Å². The fraction of sp³-hybridized carbons (Fsp3) is 0.217. The summed E-state index contributed by atoms with van der Waals surface area (Å²) in [7, 11) is -0.520. The van der Waals surface area contributed by atoms with Crippen LogP contribution in [0, 0.1) is 6.92 Å². The number of hydrogen-bond donors (Lipinski definition) is 0. The fourth-order valence-electron chi connectivity index (χ4n) is 3.26. The van der Waals surface area contributed by atoms with Crippen molar-refractivity contribution in [1.82, 2.24) is 0 Å². The molecule has 0 nitrogen and oxygen atoms in total. The van der Waals surface area contributed by atoms with Gasteiger partial charge in [-0.2, -0.15) is 0 Å². The molecule has 24 heavy (non-hydrogen) atoms. The van der Waals surface area contributed by atoms with Gasteiger partial charge in [0.05, 0.1) is 0 Å². The molecule has 0 saturated heterocycles. The van der Waals surface area contributed by atoms with Crippen molar-refractivity contribution in [2.75, 3.05) is 0 Å². The van der Waals surface area contributed by atoms with Crippen LogP contribution in [0.4, 0.5) is 0 Å². The Labute approximate surface area is 147 Å². The average molecular weight is 332 g/mol. The van der Waals surface area contributed by atoms with Gasteiger partial charge in [-0.15, -0.1) is 0 Å². The van der Waals surface area contributed by atoms with Crippen LogP contribution < -0.4 is 15.9 Å². The predicted octanol–water partition coefficient (Wildman–Crippen LogP) is 4.88. The highest BCUT2D eigenvalue weighted by molar-refractivity contribution is 7.80. The maximum atomic E-state index is 2.34. The third-order valence-electron chi connectivity index (χ3n) is 4.58. The Balaban J connectivity index is 2.28. The van der Waals surface area contributed by atoms with Gasteiger partial charge in [0.15, 0.2) is 0 Å². The Hall–Kier alpha value is -1.91. The molecule has 3 rings (SSSR count). The molecule has 3 aromatic carbocycles. The SMILES string of the molecule is CCc1ccccc1P(c1ccccc1C)c1ccccc1CC. The van der Waals surface area contributed by atoms with E-state index in [1.54, 1.807) is 0 Å². The molecule has 0 saturated carbocycles. The first-order chi connectivity index (χ1) is 11.8. The molecule has 0 atom stereocenters. The third-order valence-corrected chi connectivity index (χ3v) is 7.40. The summed E-state index contributed by atoms with van der Waals surface area (Å²) in [5.41, 5.74) is 4.33. The summed E-state index contributed by atoms with van der Waals surface area (Å²) < 4.78 is 0. The van der Waals surface area contributed by atoms with Crippen LogP contribution in [0.25, 0.3) is 0 Å². The van der Waals surface area contributed by atoms with E-state index in [9.17, 15) is 0 Å². The van der Waals surface area contributed by atoms with Crippen molar-refractivity contribution < 1.29 is 0 Å². The second-order valence-corrected chi connectivity index (χ2v) is 8.20. The first-order valence-corrected chi connectivity index (χ1v) is 10.1. The third kappa shape index (κ3) is 3.30. The van der Waals surface area contributed by atoms with Crippen molar-refractivity contribution in [1.29, 1.82) is 0 Å². The predicted molar refractivity (Wildman–Crippen MR) is 109 cm³/mol. The summed E-state index contributed by atoms with van der Waals surface area (Å²) in [5.74, 6) is 0. The Morgan fingerprint density at radius 3 is 1.46 bits per heavy atom. The minimum absolute atomic E-state index is 0.520. The average Bonchev–Trinajstić information content (AvgIpc) is 2.64. The lowest BCUT2D eigenvalue weighted by atomic mass is 10.2. The summed E-state index contributed by atoms with van der Waals surface area (Å²) >= 11 is 0. The topological polar surface area (TPSA) is 0 Å². The zero-order chi connectivity index (χ0) is 16.9. The van der Waals surface area contributed by atoms with E-state index in [2.05, 4.69) is 93.6 Å². The van der Waals surface area contributed by atoms with E-state index in [1.165, 1.54) is 32.6 Å². The van der Waals surface area contributed by atoms with Gasteiger partial charge >= 0.3 is 0 Å². The lowest BCUT2D eigenvalue weighted by molar-refractivity contribution is 1.15. The van der Waals surface area contributed by atoms with Crippen LogP contribution >= 0.6 is 7.92 Å². The highest BCUT2D eigenvalue weighted by atomic mass is 31.1. The first kappa shape index (κ1) is 16.9. The molecule has 1 heteroatoms. The van der Waals surface area contributed by atoms with Crippen molar-refractivity contribution in [2.45, 2.75) is 33.6 Å². The summed E-state index contributed by atoms with van der Waals surface area (Å²) in [6.07, 6.45) is 2.16. The van der Waals surface area contributed by atoms with Crippen LogP contribution in [-0.4, -0.2) is 0 Å². The molecule has 0 unspecified atom stereocenters. The van der Waals surface area contributed by atoms with Crippen LogP contribution in [0.1, 0.15) is 30.5 Å².